The second-order valence-electron chi connectivity index (χ2n) is 5.40. The maximum Gasteiger partial charge on any atom is 0.326 e. The number of nitrogens with one attached hydrogen (secondary N) is 3. The van der Waals surface area contributed by atoms with Gasteiger partial charge in [0.25, 0.3) is 11.8 Å². The van der Waals surface area contributed by atoms with Crippen LogP contribution in [0, 0.1) is 0 Å². The molecule has 3 N–H and O–H groups in total. The molecular weight excluding hydrogens is 350 g/mol. The highest BCUT2D eigenvalue weighted by atomic mass is 16.5. The van der Waals surface area contributed by atoms with Gasteiger partial charge in [-0.1, -0.05) is 48.5 Å². The van der Waals surface area contributed by atoms with E-state index < -0.39 is 36.5 Å². The Morgan fingerprint density at radius 3 is 2.11 bits per heavy atom. The molecule has 0 saturated carbocycles. The van der Waals surface area contributed by atoms with E-state index in [1.165, 1.54) is 7.05 Å². The van der Waals surface area contributed by atoms with Crippen molar-refractivity contribution in [3.63, 3.8) is 0 Å². The fourth-order valence-corrected chi connectivity index (χ4v) is 2.16. The molecule has 4 amide bonds. The van der Waals surface area contributed by atoms with Crippen molar-refractivity contribution >= 4 is 23.8 Å². The lowest BCUT2D eigenvalue weighted by molar-refractivity contribution is -0.155. The first-order chi connectivity index (χ1) is 13.0. The highest BCUT2D eigenvalue weighted by Crippen LogP contribution is 2.17. The molecule has 0 heterocycles. The Hall–Kier alpha value is -3.68. The molecule has 2 rings (SSSR count). The van der Waals surface area contributed by atoms with Gasteiger partial charge in [-0.2, -0.15) is 0 Å². The van der Waals surface area contributed by atoms with E-state index in [4.69, 9.17) is 4.74 Å². The molecule has 0 aromatic heterocycles. The Balaban J connectivity index is 2.01. The molecule has 0 unspecified atom stereocenters. The summed E-state index contributed by atoms with van der Waals surface area (Å²) in [5.74, 6) is -2.07. The van der Waals surface area contributed by atoms with Crippen LogP contribution in [0.2, 0.25) is 0 Å². The van der Waals surface area contributed by atoms with Gasteiger partial charge in [0, 0.05) is 18.2 Å². The van der Waals surface area contributed by atoms with E-state index in [9.17, 15) is 19.2 Å². The lowest BCUT2D eigenvalue weighted by atomic mass is 10.1. The monoisotopic (exact) mass is 369 g/mol. The Labute approximate surface area is 155 Å². The SMILES string of the molecule is CNC(=O)NC(=O)[C@H](OC(=O)CNC(=O)c1ccccc1)c1ccccc1. The molecule has 0 fully saturated rings. The minimum Gasteiger partial charge on any atom is -0.446 e. The van der Waals surface area contributed by atoms with Crippen LogP contribution in [-0.4, -0.2) is 37.4 Å². The minimum absolute atomic E-state index is 0.390. The largest absolute Gasteiger partial charge is 0.446 e. The number of carbonyl (C=O) groups is 4. The Morgan fingerprint density at radius 1 is 0.926 bits per heavy atom. The average molecular weight is 369 g/mol. The molecule has 0 aliphatic carbocycles. The van der Waals surface area contributed by atoms with Crippen LogP contribution in [-0.2, 0) is 14.3 Å². The van der Waals surface area contributed by atoms with E-state index >= 15 is 0 Å². The van der Waals surface area contributed by atoms with Gasteiger partial charge in [0.2, 0.25) is 6.10 Å². The van der Waals surface area contributed by atoms with Crippen LogP contribution < -0.4 is 16.0 Å². The summed E-state index contributed by atoms with van der Waals surface area (Å²) in [4.78, 5) is 47.7. The van der Waals surface area contributed by atoms with E-state index in [0.29, 0.717) is 11.1 Å². The third kappa shape index (κ3) is 5.96. The molecule has 0 saturated heterocycles. The molecule has 27 heavy (non-hydrogen) atoms. The van der Waals surface area contributed by atoms with Gasteiger partial charge in [-0.05, 0) is 12.1 Å². The summed E-state index contributed by atoms with van der Waals surface area (Å²) in [6.07, 6.45) is -1.33. The molecule has 2 aromatic carbocycles. The molecule has 8 nitrogen and oxygen atoms in total. The number of rotatable bonds is 6. The molecule has 1 atom stereocenters. The normalized spacial score (nSPS) is 11.0. The number of urea groups is 1. The highest BCUT2D eigenvalue weighted by molar-refractivity contribution is 5.98. The van der Waals surface area contributed by atoms with Crippen molar-refractivity contribution in [2.75, 3.05) is 13.6 Å². The zero-order chi connectivity index (χ0) is 19.6. The number of amides is 4. The lowest BCUT2D eigenvalue weighted by Crippen LogP contribution is -2.42. The van der Waals surface area contributed by atoms with Crippen LogP contribution >= 0.6 is 0 Å². The fraction of sp³-hybridized carbons (Fsp3) is 0.158. The number of esters is 1. The van der Waals surface area contributed by atoms with Crippen LogP contribution in [0.1, 0.15) is 22.0 Å². The molecule has 8 heteroatoms. The van der Waals surface area contributed by atoms with E-state index in [1.54, 1.807) is 60.7 Å². The molecule has 0 bridgehead atoms. The van der Waals surface area contributed by atoms with Gasteiger partial charge in [0.05, 0.1) is 0 Å². The summed E-state index contributed by atoms with van der Waals surface area (Å²) >= 11 is 0. The lowest BCUT2D eigenvalue weighted by Gasteiger charge is -2.17. The van der Waals surface area contributed by atoms with Crippen LogP contribution in [0.15, 0.2) is 60.7 Å². The van der Waals surface area contributed by atoms with E-state index in [-0.39, 0.29) is 0 Å². The predicted octanol–water partition coefficient (Wildman–Crippen LogP) is 1.16. The van der Waals surface area contributed by atoms with Crippen LogP contribution in [0.3, 0.4) is 0 Å². The zero-order valence-corrected chi connectivity index (χ0v) is 14.6. The number of benzene rings is 2. The third-order valence-electron chi connectivity index (χ3n) is 3.48. The van der Waals surface area contributed by atoms with Gasteiger partial charge >= 0.3 is 12.0 Å². The number of carbonyl (C=O) groups excluding carboxylic acids is 4. The molecule has 0 spiro atoms. The second kappa shape index (κ2) is 9.71. The fourth-order valence-electron chi connectivity index (χ4n) is 2.16. The van der Waals surface area contributed by atoms with Crippen LogP contribution in [0.5, 0.6) is 0 Å². The summed E-state index contributed by atoms with van der Waals surface area (Å²) in [7, 11) is 1.35. The Kier molecular flexibility index (Phi) is 7.07. The van der Waals surface area contributed by atoms with Crippen molar-refractivity contribution in [2.45, 2.75) is 6.10 Å². The maximum absolute atomic E-state index is 12.3. The predicted molar refractivity (Wildman–Crippen MR) is 96.6 cm³/mol. The third-order valence-corrected chi connectivity index (χ3v) is 3.48. The minimum atomic E-state index is -1.33. The molecule has 140 valence electrons. The van der Waals surface area contributed by atoms with E-state index in [2.05, 4.69) is 16.0 Å². The summed E-state index contributed by atoms with van der Waals surface area (Å²) in [6, 6.07) is 15.9. The van der Waals surface area contributed by atoms with Crippen LogP contribution in [0.25, 0.3) is 0 Å². The first-order valence-electron chi connectivity index (χ1n) is 8.11. The zero-order valence-electron chi connectivity index (χ0n) is 14.6. The average Bonchev–Trinajstić information content (AvgIpc) is 2.71. The summed E-state index contributed by atoms with van der Waals surface area (Å²) in [5.41, 5.74) is 0.781. The van der Waals surface area contributed by atoms with E-state index in [1.807, 2.05) is 0 Å². The Morgan fingerprint density at radius 2 is 1.52 bits per heavy atom. The Bertz CT molecular complexity index is 809. The van der Waals surface area contributed by atoms with Crippen molar-refractivity contribution in [3.8, 4) is 0 Å². The molecule has 0 radical (unpaired) electrons. The topological polar surface area (TPSA) is 114 Å². The molecular formula is C19H19N3O5. The number of hydrogen-bond donors (Lipinski definition) is 3. The van der Waals surface area contributed by atoms with Gasteiger partial charge in [-0.3, -0.25) is 19.7 Å². The van der Waals surface area contributed by atoms with Crippen LogP contribution in [0.4, 0.5) is 4.79 Å². The summed E-state index contributed by atoms with van der Waals surface area (Å²) in [6.45, 7) is -0.426. The first kappa shape index (κ1) is 19.6. The highest BCUT2D eigenvalue weighted by Gasteiger charge is 2.26. The first-order valence-corrected chi connectivity index (χ1v) is 8.11. The standard InChI is InChI=1S/C19H19N3O5/c1-20-19(26)22-18(25)16(13-8-4-2-5-9-13)27-15(23)12-21-17(24)14-10-6-3-7-11-14/h2-11,16H,12H2,1H3,(H,21,24)(H2,20,22,25,26)/t16-/m1/s1. The summed E-state index contributed by atoms with van der Waals surface area (Å²) in [5, 5.41) is 6.74. The van der Waals surface area contributed by atoms with Crippen molar-refractivity contribution in [1.29, 1.82) is 0 Å². The van der Waals surface area contributed by atoms with Gasteiger partial charge in [-0.15, -0.1) is 0 Å². The molecule has 0 aliphatic heterocycles. The van der Waals surface area contributed by atoms with E-state index in [0.717, 1.165) is 0 Å². The van der Waals surface area contributed by atoms with Crippen molar-refractivity contribution in [2.24, 2.45) is 0 Å². The number of ether oxygens (including phenoxy) is 1. The van der Waals surface area contributed by atoms with Crippen molar-refractivity contribution in [3.05, 3.63) is 71.8 Å². The number of hydrogen-bond acceptors (Lipinski definition) is 5. The smallest absolute Gasteiger partial charge is 0.326 e. The quantitative estimate of drug-likeness (QED) is 0.661. The number of imide groups is 1. The van der Waals surface area contributed by atoms with Gasteiger partial charge in [0.15, 0.2) is 0 Å². The molecule has 2 aromatic rings. The van der Waals surface area contributed by atoms with Gasteiger partial charge in [0.1, 0.15) is 6.54 Å². The maximum atomic E-state index is 12.3. The summed E-state index contributed by atoms with van der Waals surface area (Å²) < 4.78 is 5.18. The van der Waals surface area contributed by atoms with Gasteiger partial charge < -0.3 is 15.4 Å². The van der Waals surface area contributed by atoms with Gasteiger partial charge in [-0.25, -0.2) is 4.79 Å². The molecule has 0 aliphatic rings. The second-order valence-corrected chi connectivity index (χ2v) is 5.40. The van der Waals surface area contributed by atoms with Crippen molar-refractivity contribution < 1.29 is 23.9 Å². The van der Waals surface area contributed by atoms with Crippen molar-refractivity contribution in [1.82, 2.24) is 16.0 Å².